The van der Waals surface area contributed by atoms with E-state index in [4.69, 9.17) is 0 Å². The maximum Gasteiger partial charge on any atom is 0.162 e. The van der Waals surface area contributed by atoms with Gasteiger partial charge in [-0.1, -0.05) is 42.8 Å². The lowest BCUT2D eigenvalue weighted by Crippen LogP contribution is -1.95. The fraction of sp³-hybridized carbons (Fsp3) is 0.214. The zero-order chi connectivity index (χ0) is 10.8. The van der Waals surface area contributed by atoms with Crippen LogP contribution in [0.4, 0.5) is 0 Å². The van der Waals surface area contributed by atoms with Gasteiger partial charge in [-0.3, -0.25) is 4.79 Å². The monoisotopic (exact) mass is 198 g/mol. The average molecular weight is 198 g/mol. The molecule has 1 nitrogen and oxygen atoms in total. The first-order valence-corrected chi connectivity index (χ1v) is 5.24. The predicted octanol–water partition coefficient (Wildman–Crippen LogP) is 3.74. The Morgan fingerprint density at radius 1 is 1.07 bits per heavy atom. The van der Waals surface area contributed by atoms with Crippen LogP contribution in [-0.4, -0.2) is 5.78 Å². The zero-order valence-electron chi connectivity index (χ0n) is 9.08. The van der Waals surface area contributed by atoms with E-state index >= 15 is 0 Å². The minimum atomic E-state index is 0.206. The van der Waals surface area contributed by atoms with Gasteiger partial charge in [-0.15, -0.1) is 0 Å². The van der Waals surface area contributed by atoms with Crippen LogP contribution in [0.1, 0.15) is 29.3 Å². The second-order valence-corrected chi connectivity index (χ2v) is 3.84. The largest absolute Gasteiger partial charge is 0.294 e. The van der Waals surface area contributed by atoms with Crippen molar-refractivity contribution in [2.75, 3.05) is 0 Å². The highest BCUT2D eigenvalue weighted by molar-refractivity contribution is 5.99. The Morgan fingerprint density at radius 2 is 1.73 bits per heavy atom. The van der Waals surface area contributed by atoms with Crippen molar-refractivity contribution < 1.29 is 4.79 Å². The van der Waals surface area contributed by atoms with E-state index < -0.39 is 0 Å². The molecular weight excluding hydrogens is 184 g/mol. The number of benzene rings is 2. The number of Topliss-reactive ketones (excluding diaryl/α,β-unsaturated/α-hetero) is 1. The molecule has 0 aliphatic carbocycles. The quantitative estimate of drug-likeness (QED) is 0.672. The normalized spacial score (nSPS) is 10.5. The van der Waals surface area contributed by atoms with E-state index in [2.05, 4.69) is 25.1 Å². The molecule has 2 aromatic carbocycles. The molecule has 0 saturated carbocycles. The van der Waals surface area contributed by atoms with Gasteiger partial charge in [0.15, 0.2) is 5.78 Å². The molecule has 2 rings (SSSR count). The zero-order valence-corrected chi connectivity index (χ0v) is 9.08. The number of hydrogen-bond acceptors (Lipinski definition) is 1. The van der Waals surface area contributed by atoms with E-state index in [1.165, 1.54) is 10.9 Å². The number of carbonyl (C=O) groups excluding carboxylic acids is 1. The van der Waals surface area contributed by atoms with Crippen molar-refractivity contribution in [2.24, 2.45) is 0 Å². The SMILES string of the molecule is CCC(=O)c1ccc2cc(C)ccc2c1. The Hall–Kier alpha value is -1.63. The molecule has 0 aromatic heterocycles. The van der Waals surface area contributed by atoms with E-state index in [1.807, 2.05) is 25.1 Å². The summed E-state index contributed by atoms with van der Waals surface area (Å²) in [6.45, 7) is 3.96. The van der Waals surface area contributed by atoms with Gasteiger partial charge in [-0.2, -0.15) is 0 Å². The van der Waals surface area contributed by atoms with E-state index in [0.717, 1.165) is 10.9 Å². The summed E-state index contributed by atoms with van der Waals surface area (Å²) >= 11 is 0. The molecule has 0 atom stereocenters. The molecule has 0 N–H and O–H groups in total. The summed E-state index contributed by atoms with van der Waals surface area (Å²) in [6, 6.07) is 12.2. The first kappa shape index (κ1) is 9.91. The van der Waals surface area contributed by atoms with Crippen LogP contribution in [0, 0.1) is 6.92 Å². The van der Waals surface area contributed by atoms with Crippen LogP contribution in [0.15, 0.2) is 36.4 Å². The molecule has 0 unspecified atom stereocenters. The Balaban J connectivity index is 2.57. The molecule has 0 spiro atoms. The first-order chi connectivity index (χ1) is 7.20. The molecule has 0 saturated heterocycles. The van der Waals surface area contributed by atoms with Crippen molar-refractivity contribution in [2.45, 2.75) is 20.3 Å². The van der Waals surface area contributed by atoms with Crippen LogP contribution in [0.25, 0.3) is 10.8 Å². The summed E-state index contributed by atoms with van der Waals surface area (Å²) in [5.74, 6) is 0.206. The van der Waals surface area contributed by atoms with Crippen molar-refractivity contribution in [1.29, 1.82) is 0 Å². The molecule has 76 valence electrons. The minimum Gasteiger partial charge on any atom is -0.294 e. The fourth-order valence-corrected chi connectivity index (χ4v) is 1.74. The topological polar surface area (TPSA) is 17.1 Å². The molecule has 0 heterocycles. The maximum absolute atomic E-state index is 11.5. The fourth-order valence-electron chi connectivity index (χ4n) is 1.74. The Labute approximate surface area is 89.7 Å². The second kappa shape index (κ2) is 3.85. The van der Waals surface area contributed by atoms with Crippen LogP contribution in [-0.2, 0) is 0 Å². The third kappa shape index (κ3) is 1.91. The van der Waals surface area contributed by atoms with Crippen LogP contribution in [0.2, 0.25) is 0 Å². The van der Waals surface area contributed by atoms with E-state index in [1.54, 1.807) is 0 Å². The third-order valence-electron chi connectivity index (χ3n) is 2.64. The Kier molecular flexibility index (Phi) is 2.55. The van der Waals surface area contributed by atoms with Gasteiger partial charge < -0.3 is 0 Å². The van der Waals surface area contributed by atoms with Gasteiger partial charge in [0.05, 0.1) is 0 Å². The van der Waals surface area contributed by atoms with E-state index in [0.29, 0.717) is 6.42 Å². The summed E-state index contributed by atoms with van der Waals surface area (Å²) < 4.78 is 0. The molecule has 0 aliphatic rings. The van der Waals surface area contributed by atoms with Gasteiger partial charge in [0.25, 0.3) is 0 Å². The van der Waals surface area contributed by atoms with E-state index in [-0.39, 0.29) is 5.78 Å². The van der Waals surface area contributed by atoms with Crippen molar-refractivity contribution in [1.82, 2.24) is 0 Å². The maximum atomic E-state index is 11.5. The molecule has 0 radical (unpaired) electrons. The first-order valence-electron chi connectivity index (χ1n) is 5.24. The molecular formula is C14H14O. The number of aryl methyl sites for hydroxylation is 1. The number of fused-ring (bicyclic) bond motifs is 1. The molecule has 15 heavy (non-hydrogen) atoms. The molecule has 0 bridgehead atoms. The summed E-state index contributed by atoms with van der Waals surface area (Å²) in [4.78, 5) is 11.5. The number of ketones is 1. The van der Waals surface area contributed by atoms with Crippen LogP contribution >= 0.6 is 0 Å². The van der Waals surface area contributed by atoms with Crippen molar-refractivity contribution in [3.05, 3.63) is 47.5 Å². The lowest BCUT2D eigenvalue weighted by molar-refractivity contribution is 0.0988. The summed E-state index contributed by atoms with van der Waals surface area (Å²) in [5, 5.41) is 2.34. The van der Waals surface area contributed by atoms with E-state index in [9.17, 15) is 4.79 Å². The van der Waals surface area contributed by atoms with Gasteiger partial charge in [0.2, 0.25) is 0 Å². The van der Waals surface area contributed by atoms with Gasteiger partial charge in [-0.25, -0.2) is 0 Å². The molecule has 0 amide bonds. The summed E-state index contributed by atoms with van der Waals surface area (Å²) in [5.41, 5.74) is 2.06. The van der Waals surface area contributed by atoms with Crippen LogP contribution in [0.5, 0.6) is 0 Å². The third-order valence-corrected chi connectivity index (χ3v) is 2.64. The lowest BCUT2D eigenvalue weighted by Gasteiger charge is -2.02. The number of hydrogen-bond donors (Lipinski definition) is 0. The Bertz CT molecular complexity index is 512. The minimum absolute atomic E-state index is 0.206. The van der Waals surface area contributed by atoms with Gasteiger partial charge in [0, 0.05) is 12.0 Å². The summed E-state index contributed by atoms with van der Waals surface area (Å²) in [6.07, 6.45) is 0.567. The van der Waals surface area contributed by atoms with Gasteiger partial charge in [0.1, 0.15) is 0 Å². The van der Waals surface area contributed by atoms with Crippen LogP contribution < -0.4 is 0 Å². The van der Waals surface area contributed by atoms with Crippen molar-refractivity contribution in [3.8, 4) is 0 Å². The predicted molar refractivity (Wildman–Crippen MR) is 63.3 cm³/mol. The molecule has 0 fully saturated rings. The van der Waals surface area contributed by atoms with Gasteiger partial charge in [-0.05, 0) is 23.8 Å². The van der Waals surface area contributed by atoms with Crippen molar-refractivity contribution >= 4 is 16.6 Å². The average Bonchev–Trinajstić information content (AvgIpc) is 2.27. The Morgan fingerprint density at radius 3 is 2.47 bits per heavy atom. The second-order valence-electron chi connectivity index (χ2n) is 3.84. The standard InChI is InChI=1S/C14H14O/c1-3-14(15)13-7-6-11-8-10(2)4-5-12(11)9-13/h4-9H,3H2,1-2H3. The summed E-state index contributed by atoms with van der Waals surface area (Å²) in [7, 11) is 0. The highest BCUT2D eigenvalue weighted by atomic mass is 16.1. The number of rotatable bonds is 2. The number of carbonyl (C=O) groups is 1. The van der Waals surface area contributed by atoms with Gasteiger partial charge >= 0.3 is 0 Å². The highest BCUT2D eigenvalue weighted by Gasteiger charge is 2.03. The molecule has 1 heteroatoms. The smallest absolute Gasteiger partial charge is 0.162 e. The molecule has 2 aromatic rings. The lowest BCUT2D eigenvalue weighted by atomic mass is 10.0. The van der Waals surface area contributed by atoms with Crippen LogP contribution in [0.3, 0.4) is 0 Å². The highest BCUT2D eigenvalue weighted by Crippen LogP contribution is 2.18. The molecule has 0 aliphatic heterocycles. The van der Waals surface area contributed by atoms with Crippen molar-refractivity contribution in [3.63, 3.8) is 0 Å².